The Morgan fingerprint density at radius 1 is 1.29 bits per heavy atom. The average Bonchev–Trinajstić information content (AvgIpc) is 2.18. The quantitative estimate of drug-likeness (QED) is 0.549. The van der Waals surface area contributed by atoms with E-state index in [1.54, 1.807) is 6.07 Å². The van der Waals surface area contributed by atoms with Crippen molar-refractivity contribution in [3.63, 3.8) is 0 Å². The lowest BCUT2D eigenvalue weighted by Crippen LogP contribution is -2.04. The molecule has 0 heterocycles. The maximum absolute atomic E-state index is 10.6. The fourth-order valence-corrected chi connectivity index (χ4v) is 1.94. The van der Waals surface area contributed by atoms with E-state index in [-0.39, 0.29) is 11.4 Å². The highest BCUT2D eigenvalue weighted by atomic mass is 16.6. The summed E-state index contributed by atoms with van der Waals surface area (Å²) < 4.78 is 0. The second-order valence-electron chi connectivity index (χ2n) is 3.54. The maximum atomic E-state index is 10.6. The summed E-state index contributed by atoms with van der Waals surface area (Å²) >= 11 is 0. The smallest absolute Gasteiger partial charge is 0.311 e. The van der Waals surface area contributed by atoms with Crippen LogP contribution in [0.25, 0.3) is 0 Å². The predicted octanol–water partition coefficient (Wildman–Crippen LogP) is 2.18. The predicted molar refractivity (Wildman–Crippen MR) is 51.4 cm³/mol. The summed E-state index contributed by atoms with van der Waals surface area (Å²) in [7, 11) is 0. The average molecular weight is 193 g/mol. The molecule has 1 N–H and O–H groups in total. The van der Waals surface area contributed by atoms with E-state index >= 15 is 0 Å². The molecular weight excluding hydrogens is 182 g/mol. The van der Waals surface area contributed by atoms with Crippen molar-refractivity contribution in [2.45, 2.75) is 25.7 Å². The van der Waals surface area contributed by atoms with Crippen LogP contribution in [0.3, 0.4) is 0 Å². The number of rotatable bonds is 1. The van der Waals surface area contributed by atoms with Crippen molar-refractivity contribution in [3.05, 3.63) is 33.4 Å². The summed E-state index contributed by atoms with van der Waals surface area (Å²) in [6.07, 6.45) is 3.77. The van der Waals surface area contributed by atoms with E-state index in [2.05, 4.69) is 0 Å². The minimum atomic E-state index is -0.537. The fraction of sp³-hybridized carbons (Fsp3) is 0.400. The Morgan fingerprint density at radius 2 is 2.00 bits per heavy atom. The maximum Gasteiger partial charge on any atom is 0.311 e. The van der Waals surface area contributed by atoms with Gasteiger partial charge in [0.15, 0.2) is 5.75 Å². The minimum absolute atomic E-state index is 0.132. The summed E-state index contributed by atoms with van der Waals surface area (Å²) in [6.45, 7) is 0. The molecule has 1 aromatic rings. The number of nitro benzene ring substituents is 1. The molecule has 0 radical (unpaired) electrons. The highest BCUT2D eigenvalue weighted by molar-refractivity contribution is 5.54. The first-order valence-electron chi connectivity index (χ1n) is 4.68. The van der Waals surface area contributed by atoms with Gasteiger partial charge in [0.1, 0.15) is 0 Å². The summed E-state index contributed by atoms with van der Waals surface area (Å²) in [5.41, 5.74) is 1.65. The van der Waals surface area contributed by atoms with Gasteiger partial charge in [-0.3, -0.25) is 10.1 Å². The molecule has 0 atom stereocenters. The molecule has 0 fully saturated rings. The first kappa shape index (κ1) is 8.99. The lowest BCUT2D eigenvalue weighted by atomic mass is 9.90. The molecule has 2 rings (SSSR count). The number of fused-ring (bicyclic) bond motifs is 1. The lowest BCUT2D eigenvalue weighted by Gasteiger charge is -2.16. The normalized spacial score (nSPS) is 14.9. The third-order valence-electron chi connectivity index (χ3n) is 2.68. The van der Waals surface area contributed by atoms with Crippen LogP contribution in [0.5, 0.6) is 5.75 Å². The number of nitrogens with zero attached hydrogens (tertiary/aromatic N) is 1. The Hall–Kier alpha value is -1.58. The summed E-state index contributed by atoms with van der Waals surface area (Å²) in [5, 5.41) is 20.2. The van der Waals surface area contributed by atoms with Gasteiger partial charge in [-0.2, -0.15) is 0 Å². The molecular formula is C10H11NO3. The first-order chi connectivity index (χ1) is 6.70. The summed E-state index contributed by atoms with van der Waals surface area (Å²) in [6, 6.07) is 3.14. The zero-order chi connectivity index (χ0) is 10.1. The van der Waals surface area contributed by atoms with Crippen LogP contribution < -0.4 is 0 Å². The highest BCUT2D eigenvalue weighted by Crippen LogP contribution is 2.35. The molecule has 1 aromatic carbocycles. The summed E-state index contributed by atoms with van der Waals surface area (Å²) in [5.74, 6) is -0.132. The van der Waals surface area contributed by atoms with E-state index in [0.717, 1.165) is 36.8 Å². The van der Waals surface area contributed by atoms with Crippen molar-refractivity contribution in [1.82, 2.24) is 0 Å². The lowest BCUT2D eigenvalue weighted by molar-refractivity contribution is -0.386. The molecule has 1 aliphatic carbocycles. The van der Waals surface area contributed by atoms with Crippen molar-refractivity contribution in [2.24, 2.45) is 0 Å². The van der Waals surface area contributed by atoms with E-state index in [4.69, 9.17) is 0 Å². The van der Waals surface area contributed by atoms with Crippen molar-refractivity contribution in [3.8, 4) is 5.75 Å². The van der Waals surface area contributed by atoms with Crippen LogP contribution >= 0.6 is 0 Å². The molecule has 4 nitrogen and oxygen atoms in total. The molecule has 1 aliphatic rings. The third-order valence-corrected chi connectivity index (χ3v) is 2.68. The zero-order valence-corrected chi connectivity index (χ0v) is 7.69. The Morgan fingerprint density at radius 3 is 2.71 bits per heavy atom. The molecule has 0 saturated heterocycles. The molecule has 0 bridgehead atoms. The molecule has 4 heteroatoms. The van der Waals surface area contributed by atoms with Crippen molar-refractivity contribution >= 4 is 5.69 Å². The van der Waals surface area contributed by atoms with Crippen molar-refractivity contribution in [1.29, 1.82) is 0 Å². The third kappa shape index (κ3) is 1.32. The Balaban J connectivity index is 2.54. The number of phenolic OH excluding ortho intramolecular Hbond substituents is 1. The number of benzene rings is 1. The van der Waals surface area contributed by atoms with Crippen LogP contribution in [0, 0.1) is 10.1 Å². The van der Waals surface area contributed by atoms with Crippen LogP contribution in [0.2, 0.25) is 0 Å². The van der Waals surface area contributed by atoms with Crippen LogP contribution in [-0.4, -0.2) is 10.0 Å². The van der Waals surface area contributed by atoms with Crippen LogP contribution in [0.1, 0.15) is 24.0 Å². The van der Waals surface area contributed by atoms with Gasteiger partial charge >= 0.3 is 5.69 Å². The van der Waals surface area contributed by atoms with Crippen molar-refractivity contribution < 1.29 is 10.0 Å². The van der Waals surface area contributed by atoms with Gasteiger partial charge in [0.2, 0.25) is 0 Å². The fourth-order valence-electron chi connectivity index (χ4n) is 1.94. The molecule has 0 aliphatic heterocycles. The van der Waals surface area contributed by atoms with Crippen LogP contribution in [0.4, 0.5) is 5.69 Å². The molecule has 0 spiro atoms. The van der Waals surface area contributed by atoms with E-state index in [0.29, 0.717) is 0 Å². The molecule has 74 valence electrons. The first-order valence-corrected chi connectivity index (χ1v) is 4.68. The SMILES string of the molecule is O=[N+]([O-])c1ccc2c(c1O)CCCC2. The number of aryl methyl sites for hydroxylation is 1. The minimum Gasteiger partial charge on any atom is -0.502 e. The van der Waals surface area contributed by atoms with Gasteiger partial charge in [-0.15, -0.1) is 0 Å². The number of phenols is 1. The standard InChI is InChI=1S/C10H11NO3/c12-10-8-4-2-1-3-7(8)5-6-9(10)11(13)14/h5-6,12H,1-4H2. The number of hydrogen-bond donors (Lipinski definition) is 1. The monoisotopic (exact) mass is 193 g/mol. The molecule has 14 heavy (non-hydrogen) atoms. The van der Waals surface area contributed by atoms with Gasteiger partial charge in [-0.05, 0) is 31.2 Å². The Labute approximate surface area is 81.3 Å². The van der Waals surface area contributed by atoms with E-state index in [1.807, 2.05) is 0 Å². The van der Waals surface area contributed by atoms with Crippen LogP contribution in [-0.2, 0) is 12.8 Å². The molecule has 0 unspecified atom stereocenters. The molecule has 0 amide bonds. The number of hydrogen-bond acceptors (Lipinski definition) is 3. The van der Waals surface area contributed by atoms with E-state index in [1.165, 1.54) is 6.07 Å². The van der Waals surface area contributed by atoms with Gasteiger partial charge in [0.05, 0.1) is 4.92 Å². The van der Waals surface area contributed by atoms with Gasteiger partial charge < -0.3 is 5.11 Å². The Bertz CT molecular complexity index is 387. The summed E-state index contributed by atoms with van der Waals surface area (Å²) in [4.78, 5) is 10.0. The van der Waals surface area contributed by atoms with E-state index < -0.39 is 4.92 Å². The van der Waals surface area contributed by atoms with Gasteiger partial charge in [0, 0.05) is 11.6 Å². The molecule has 0 saturated carbocycles. The van der Waals surface area contributed by atoms with Crippen molar-refractivity contribution in [2.75, 3.05) is 0 Å². The second kappa shape index (κ2) is 3.29. The van der Waals surface area contributed by atoms with Gasteiger partial charge in [-0.25, -0.2) is 0 Å². The molecule has 0 aromatic heterocycles. The number of nitro groups is 1. The van der Waals surface area contributed by atoms with Crippen LogP contribution in [0.15, 0.2) is 12.1 Å². The number of aromatic hydroxyl groups is 1. The highest BCUT2D eigenvalue weighted by Gasteiger charge is 2.21. The second-order valence-corrected chi connectivity index (χ2v) is 3.54. The topological polar surface area (TPSA) is 63.4 Å². The van der Waals surface area contributed by atoms with E-state index in [9.17, 15) is 15.2 Å². The van der Waals surface area contributed by atoms with Gasteiger partial charge in [0.25, 0.3) is 0 Å². The largest absolute Gasteiger partial charge is 0.502 e. The Kier molecular flexibility index (Phi) is 2.11. The zero-order valence-electron chi connectivity index (χ0n) is 7.69. The van der Waals surface area contributed by atoms with Gasteiger partial charge in [-0.1, -0.05) is 6.07 Å².